The lowest BCUT2D eigenvalue weighted by Gasteiger charge is -2.35. The number of halogens is 3. The molecule has 0 amide bonds. The van der Waals surface area contributed by atoms with E-state index in [0.29, 0.717) is 35.1 Å². The molecule has 5 rings (SSSR count). The molecule has 1 aliphatic carbocycles. The normalized spacial score (nSPS) is 26.7. The molecule has 2 aliphatic heterocycles. The fourth-order valence-corrected chi connectivity index (χ4v) is 4.74. The maximum Gasteiger partial charge on any atom is 0.573 e. The van der Waals surface area contributed by atoms with Gasteiger partial charge in [0.05, 0.1) is 24.9 Å². The Morgan fingerprint density at radius 1 is 1.20 bits per heavy atom. The first-order valence-corrected chi connectivity index (χ1v) is 10.1. The van der Waals surface area contributed by atoms with Crippen molar-refractivity contribution in [1.29, 1.82) is 0 Å². The average Bonchev–Trinajstić information content (AvgIpc) is 2.97. The summed E-state index contributed by atoms with van der Waals surface area (Å²) >= 11 is 0. The van der Waals surface area contributed by atoms with Gasteiger partial charge in [0.15, 0.2) is 11.6 Å². The SMILES string of the molecule is CC(C)n1nc(-c2cnc(N)c(OC(F)(F)F)c2)cc1C1[C@H]2CN(C3COC3)C[C@@H]12. The minimum absolute atomic E-state index is 0.138. The molecule has 0 spiro atoms. The molecule has 30 heavy (non-hydrogen) atoms. The van der Waals surface area contributed by atoms with Gasteiger partial charge < -0.3 is 15.2 Å². The summed E-state index contributed by atoms with van der Waals surface area (Å²) in [7, 11) is 0. The van der Waals surface area contributed by atoms with Gasteiger partial charge in [0.25, 0.3) is 0 Å². The van der Waals surface area contributed by atoms with Crippen molar-refractivity contribution in [2.45, 2.75) is 38.2 Å². The van der Waals surface area contributed by atoms with Crippen molar-refractivity contribution in [2.75, 3.05) is 32.0 Å². The maximum absolute atomic E-state index is 12.7. The van der Waals surface area contributed by atoms with Gasteiger partial charge in [-0.2, -0.15) is 5.10 Å². The summed E-state index contributed by atoms with van der Waals surface area (Å²) < 4.78 is 49.3. The van der Waals surface area contributed by atoms with E-state index in [4.69, 9.17) is 10.5 Å². The number of nitrogens with two attached hydrogens (primary N) is 1. The Morgan fingerprint density at radius 3 is 2.47 bits per heavy atom. The number of piperidine rings is 1. The van der Waals surface area contributed by atoms with Crippen LogP contribution in [0.5, 0.6) is 5.75 Å². The van der Waals surface area contributed by atoms with Gasteiger partial charge >= 0.3 is 6.36 Å². The lowest BCUT2D eigenvalue weighted by Crippen LogP contribution is -2.48. The molecule has 0 bridgehead atoms. The van der Waals surface area contributed by atoms with Crippen LogP contribution in [-0.4, -0.2) is 58.4 Å². The summed E-state index contributed by atoms with van der Waals surface area (Å²) in [4.78, 5) is 6.38. The lowest BCUT2D eigenvalue weighted by atomic mass is 10.1. The van der Waals surface area contributed by atoms with E-state index in [9.17, 15) is 13.2 Å². The van der Waals surface area contributed by atoms with E-state index < -0.39 is 12.1 Å². The second kappa shape index (κ2) is 6.84. The van der Waals surface area contributed by atoms with Crippen LogP contribution in [0, 0.1) is 11.8 Å². The van der Waals surface area contributed by atoms with Crippen LogP contribution < -0.4 is 10.5 Å². The summed E-state index contributed by atoms with van der Waals surface area (Å²) in [5.41, 5.74) is 7.71. The number of likely N-dealkylation sites (tertiary alicyclic amines) is 1. The summed E-state index contributed by atoms with van der Waals surface area (Å²) in [6.45, 7) is 7.88. The highest BCUT2D eigenvalue weighted by Gasteiger charge is 2.58. The number of alkyl halides is 3. The Kier molecular flexibility index (Phi) is 4.48. The van der Waals surface area contributed by atoms with Crippen LogP contribution in [0.15, 0.2) is 18.3 Å². The van der Waals surface area contributed by atoms with Crippen LogP contribution in [0.2, 0.25) is 0 Å². The molecule has 3 aliphatic rings. The molecule has 2 N–H and O–H groups in total. The molecule has 10 heteroatoms. The van der Waals surface area contributed by atoms with E-state index >= 15 is 0 Å². The molecule has 7 nitrogen and oxygen atoms in total. The topological polar surface area (TPSA) is 78.4 Å². The Balaban J connectivity index is 1.40. The van der Waals surface area contributed by atoms with Crippen LogP contribution in [0.1, 0.15) is 31.5 Å². The van der Waals surface area contributed by atoms with Crippen molar-refractivity contribution in [2.24, 2.45) is 11.8 Å². The summed E-state index contributed by atoms with van der Waals surface area (Å²) in [5, 5.41) is 4.68. The molecule has 4 heterocycles. The first-order valence-electron chi connectivity index (χ1n) is 10.1. The Bertz CT molecular complexity index is 944. The van der Waals surface area contributed by atoms with Gasteiger partial charge in [-0.1, -0.05) is 0 Å². The molecule has 3 atom stereocenters. The lowest BCUT2D eigenvalue weighted by molar-refractivity contribution is -0.274. The fourth-order valence-electron chi connectivity index (χ4n) is 4.74. The van der Waals surface area contributed by atoms with Crippen molar-refractivity contribution in [3.05, 3.63) is 24.0 Å². The molecule has 1 unspecified atom stereocenters. The first kappa shape index (κ1) is 19.6. The van der Waals surface area contributed by atoms with Gasteiger partial charge in [0.2, 0.25) is 0 Å². The molecular formula is C20H24F3N5O2. The molecule has 2 saturated heterocycles. The van der Waals surface area contributed by atoms with Crippen LogP contribution in [0.4, 0.5) is 19.0 Å². The van der Waals surface area contributed by atoms with Gasteiger partial charge in [-0.05, 0) is 37.8 Å². The smallest absolute Gasteiger partial charge is 0.402 e. The van der Waals surface area contributed by atoms with Crippen LogP contribution in [0.3, 0.4) is 0 Å². The van der Waals surface area contributed by atoms with Gasteiger partial charge in [-0.25, -0.2) is 4.98 Å². The van der Waals surface area contributed by atoms with Crippen LogP contribution >= 0.6 is 0 Å². The standard InChI is InChI=1S/C20H24F3N5O2/c1-10(2)28-16(18-13-6-27(7-14(13)18)12-8-29-9-12)4-15(26-28)11-3-17(19(24)25-5-11)30-20(21,22)23/h3-5,10,12-14,18H,6-9H2,1-2H3,(H2,24,25)/t13-,14+,18?. The molecule has 2 aromatic heterocycles. The minimum atomic E-state index is -4.83. The van der Waals surface area contributed by atoms with Gasteiger partial charge in [-0.15, -0.1) is 13.2 Å². The van der Waals surface area contributed by atoms with E-state index in [-0.39, 0.29) is 11.9 Å². The average molecular weight is 423 g/mol. The number of anilines is 1. The molecule has 3 fully saturated rings. The largest absolute Gasteiger partial charge is 0.573 e. The zero-order valence-electron chi connectivity index (χ0n) is 16.8. The van der Waals surface area contributed by atoms with E-state index in [1.54, 1.807) is 0 Å². The first-order chi connectivity index (χ1) is 14.2. The Hall–Kier alpha value is -2.33. The predicted molar refractivity (Wildman–Crippen MR) is 103 cm³/mol. The zero-order valence-corrected chi connectivity index (χ0v) is 16.8. The second-order valence-corrected chi connectivity index (χ2v) is 8.65. The van der Waals surface area contributed by atoms with Crippen LogP contribution in [-0.2, 0) is 4.74 Å². The zero-order chi connectivity index (χ0) is 21.2. The third-order valence-electron chi connectivity index (χ3n) is 6.36. The molecule has 1 saturated carbocycles. The molecule has 0 aromatic carbocycles. The summed E-state index contributed by atoms with van der Waals surface area (Å²) in [5.74, 6) is 0.805. The molecule has 0 radical (unpaired) electrons. The van der Waals surface area contributed by atoms with Gasteiger partial charge in [-0.3, -0.25) is 9.58 Å². The Morgan fingerprint density at radius 2 is 1.90 bits per heavy atom. The van der Waals surface area contributed by atoms with Gasteiger partial charge in [0.1, 0.15) is 0 Å². The number of rotatable bonds is 5. The number of hydrogen-bond acceptors (Lipinski definition) is 6. The van der Waals surface area contributed by atoms with Crippen molar-refractivity contribution in [1.82, 2.24) is 19.7 Å². The highest BCUT2D eigenvalue weighted by Crippen LogP contribution is 2.59. The second-order valence-electron chi connectivity index (χ2n) is 8.65. The third kappa shape index (κ3) is 3.41. The van der Waals surface area contributed by atoms with Gasteiger partial charge in [0, 0.05) is 42.5 Å². The van der Waals surface area contributed by atoms with E-state index in [0.717, 1.165) is 32.0 Å². The fraction of sp³-hybridized carbons (Fsp3) is 0.600. The number of nitrogens with zero attached hydrogens (tertiary/aromatic N) is 4. The van der Waals surface area contributed by atoms with E-state index in [2.05, 4.69) is 33.6 Å². The summed E-state index contributed by atoms with van der Waals surface area (Å²) in [6, 6.07) is 3.92. The number of pyridine rings is 1. The number of hydrogen-bond donors (Lipinski definition) is 1. The predicted octanol–water partition coefficient (Wildman–Crippen LogP) is 3.05. The van der Waals surface area contributed by atoms with Crippen molar-refractivity contribution in [3.8, 4) is 17.0 Å². The molecule has 162 valence electrons. The maximum atomic E-state index is 12.7. The number of ether oxygens (including phenoxy) is 2. The monoisotopic (exact) mass is 423 g/mol. The quantitative estimate of drug-likeness (QED) is 0.797. The van der Waals surface area contributed by atoms with E-state index in [1.807, 2.05) is 10.7 Å². The van der Waals surface area contributed by atoms with Crippen molar-refractivity contribution in [3.63, 3.8) is 0 Å². The highest BCUT2D eigenvalue weighted by atomic mass is 19.4. The number of fused-ring (bicyclic) bond motifs is 1. The van der Waals surface area contributed by atoms with E-state index in [1.165, 1.54) is 12.3 Å². The third-order valence-corrected chi connectivity index (χ3v) is 6.36. The Labute approximate surface area is 172 Å². The highest BCUT2D eigenvalue weighted by molar-refractivity contribution is 5.64. The van der Waals surface area contributed by atoms with Crippen molar-refractivity contribution < 1.29 is 22.6 Å². The minimum Gasteiger partial charge on any atom is -0.402 e. The number of aromatic nitrogens is 3. The molecular weight excluding hydrogens is 399 g/mol. The number of nitrogen functional groups attached to an aromatic ring is 1. The molecule has 2 aromatic rings. The van der Waals surface area contributed by atoms with Crippen LogP contribution in [0.25, 0.3) is 11.3 Å². The summed E-state index contributed by atoms with van der Waals surface area (Å²) in [6.07, 6.45) is -3.40. The van der Waals surface area contributed by atoms with Crippen molar-refractivity contribution >= 4 is 5.82 Å².